The van der Waals surface area contributed by atoms with E-state index in [1.54, 1.807) is 0 Å². The van der Waals surface area contributed by atoms with Gasteiger partial charge in [0.25, 0.3) is 0 Å². The highest BCUT2D eigenvalue weighted by molar-refractivity contribution is 7.85. The largest absolute Gasteiger partial charge is 0.396 e. The van der Waals surface area contributed by atoms with Crippen LogP contribution < -0.4 is 0 Å². The molecule has 21 heavy (non-hydrogen) atoms. The molecule has 1 aliphatic heterocycles. The second-order valence-corrected chi connectivity index (χ2v) is 6.65. The number of hydrogen-bond donors (Lipinski definition) is 2. The third kappa shape index (κ3) is 2.67. The van der Waals surface area contributed by atoms with Gasteiger partial charge in [-0.05, 0) is 47.2 Å². The minimum absolute atomic E-state index is 0.0977. The molecule has 2 aromatic carbocycles. The van der Waals surface area contributed by atoms with E-state index in [0.29, 0.717) is 12.8 Å². The maximum atomic E-state index is 12.7. The van der Waals surface area contributed by atoms with E-state index in [2.05, 4.69) is 0 Å². The first kappa shape index (κ1) is 14.4. The lowest BCUT2D eigenvalue weighted by Gasteiger charge is -2.22. The van der Waals surface area contributed by atoms with E-state index in [1.165, 1.54) is 0 Å². The Hall–Kier alpha value is -1.49. The Morgan fingerprint density at radius 3 is 2.57 bits per heavy atom. The summed E-state index contributed by atoms with van der Waals surface area (Å²) in [6.45, 7) is 0.217. The van der Waals surface area contributed by atoms with E-state index < -0.39 is 10.8 Å². The molecular weight excluding hydrogens is 284 g/mol. The Kier molecular flexibility index (Phi) is 4.19. The van der Waals surface area contributed by atoms with E-state index in [1.807, 2.05) is 36.4 Å². The number of hydrogen-bond acceptors (Lipinski definition) is 3. The van der Waals surface area contributed by atoms with Crippen LogP contribution in [0.25, 0.3) is 0 Å². The van der Waals surface area contributed by atoms with Crippen LogP contribution in [0, 0.1) is 0 Å². The van der Waals surface area contributed by atoms with Crippen molar-refractivity contribution in [2.45, 2.75) is 29.1 Å². The molecule has 0 bridgehead atoms. The van der Waals surface area contributed by atoms with Gasteiger partial charge in [0.15, 0.2) is 0 Å². The summed E-state index contributed by atoms with van der Waals surface area (Å²) in [5.74, 6) is 0. The molecule has 110 valence electrons. The zero-order valence-corrected chi connectivity index (χ0v) is 12.5. The minimum Gasteiger partial charge on any atom is -0.396 e. The standard InChI is InChI=1S/C17H18O3S/c18-8-6-12-4-5-16-14(10-12)11-15-13(7-9-19)2-1-3-17(15)21(16)20/h1-5,10,18-19H,6-9,11H2. The average Bonchev–Trinajstić information content (AvgIpc) is 2.49. The Bertz CT molecular complexity index is 694. The van der Waals surface area contributed by atoms with E-state index in [9.17, 15) is 9.32 Å². The molecule has 0 spiro atoms. The summed E-state index contributed by atoms with van der Waals surface area (Å²) < 4.78 is 12.7. The molecule has 1 atom stereocenters. The molecule has 1 unspecified atom stereocenters. The van der Waals surface area contributed by atoms with Gasteiger partial charge in [-0.1, -0.05) is 24.3 Å². The molecule has 0 fully saturated rings. The number of fused-ring (bicyclic) bond motifs is 2. The number of benzene rings is 2. The molecule has 0 saturated carbocycles. The average molecular weight is 302 g/mol. The molecule has 3 nitrogen and oxygen atoms in total. The summed E-state index contributed by atoms with van der Waals surface area (Å²) in [5.41, 5.74) is 4.29. The van der Waals surface area contributed by atoms with Gasteiger partial charge in [0.1, 0.15) is 0 Å². The Morgan fingerprint density at radius 2 is 1.81 bits per heavy atom. The lowest BCUT2D eigenvalue weighted by atomic mass is 9.96. The fraction of sp³-hybridized carbons (Fsp3) is 0.294. The zero-order valence-electron chi connectivity index (χ0n) is 11.7. The molecule has 0 saturated heterocycles. The van der Waals surface area contributed by atoms with Gasteiger partial charge in [0, 0.05) is 29.4 Å². The van der Waals surface area contributed by atoms with Crippen LogP contribution in [0.15, 0.2) is 46.2 Å². The molecule has 0 aromatic heterocycles. The van der Waals surface area contributed by atoms with Crippen molar-refractivity contribution in [3.05, 3.63) is 58.7 Å². The summed E-state index contributed by atoms with van der Waals surface area (Å²) in [6, 6.07) is 11.7. The van der Waals surface area contributed by atoms with Crippen molar-refractivity contribution in [1.82, 2.24) is 0 Å². The lowest BCUT2D eigenvalue weighted by molar-refractivity contribution is 0.299. The Morgan fingerprint density at radius 1 is 1.00 bits per heavy atom. The summed E-state index contributed by atoms with van der Waals surface area (Å²) in [6.07, 6.45) is 1.95. The van der Waals surface area contributed by atoms with Gasteiger partial charge in [-0.3, -0.25) is 0 Å². The molecule has 0 radical (unpaired) electrons. The van der Waals surface area contributed by atoms with Crippen molar-refractivity contribution in [3.8, 4) is 0 Å². The van der Waals surface area contributed by atoms with Crippen LogP contribution in [0.2, 0.25) is 0 Å². The van der Waals surface area contributed by atoms with Crippen molar-refractivity contribution >= 4 is 10.8 Å². The third-order valence-corrected chi connectivity index (χ3v) is 5.48. The first-order valence-corrected chi connectivity index (χ1v) is 8.25. The number of rotatable bonds is 4. The van der Waals surface area contributed by atoms with Crippen LogP contribution >= 0.6 is 0 Å². The molecule has 2 N–H and O–H groups in total. The summed E-state index contributed by atoms with van der Waals surface area (Å²) in [7, 11) is -1.16. The lowest BCUT2D eigenvalue weighted by Crippen LogP contribution is -2.13. The minimum atomic E-state index is -1.16. The molecular formula is C17H18O3S. The van der Waals surface area contributed by atoms with Gasteiger partial charge in [-0.25, -0.2) is 4.21 Å². The molecule has 1 aliphatic rings. The summed E-state index contributed by atoms with van der Waals surface area (Å²) >= 11 is 0. The highest BCUT2D eigenvalue weighted by Crippen LogP contribution is 2.34. The van der Waals surface area contributed by atoms with Crippen LogP contribution in [0.3, 0.4) is 0 Å². The third-order valence-electron chi connectivity index (χ3n) is 3.90. The van der Waals surface area contributed by atoms with E-state index in [-0.39, 0.29) is 13.2 Å². The van der Waals surface area contributed by atoms with E-state index in [4.69, 9.17) is 5.11 Å². The Labute approximate surface area is 126 Å². The van der Waals surface area contributed by atoms with E-state index >= 15 is 0 Å². The summed E-state index contributed by atoms with van der Waals surface area (Å²) in [5, 5.41) is 18.3. The topological polar surface area (TPSA) is 57.5 Å². The van der Waals surface area contributed by atoms with Crippen molar-refractivity contribution < 1.29 is 14.4 Å². The van der Waals surface area contributed by atoms with Crippen molar-refractivity contribution in [2.24, 2.45) is 0 Å². The van der Waals surface area contributed by atoms with Gasteiger partial charge in [-0.2, -0.15) is 0 Å². The van der Waals surface area contributed by atoms with E-state index in [0.717, 1.165) is 38.5 Å². The first-order chi connectivity index (χ1) is 10.2. The fourth-order valence-corrected chi connectivity index (χ4v) is 4.31. The SMILES string of the molecule is O=S1c2ccc(CCO)cc2Cc2c(CCO)cccc21. The second-order valence-electron chi connectivity index (χ2n) is 5.23. The predicted molar refractivity (Wildman–Crippen MR) is 81.9 cm³/mol. The second kappa shape index (κ2) is 6.10. The van der Waals surface area contributed by atoms with Crippen molar-refractivity contribution in [2.75, 3.05) is 13.2 Å². The van der Waals surface area contributed by atoms with Crippen LogP contribution in [0.5, 0.6) is 0 Å². The van der Waals surface area contributed by atoms with Gasteiger partial charge in [-0.15, -0.1) is 0 Å². The van der Waals surface area contributed by atoms with Crippen LogP contribution in [0.1, 0.15) is 22.3 Å². The van der Waals surface area contributed by atoms with Gasteiger partial charge < -0.3 is 10.2 Å². The molecule has 4 heteroatoms. The van der Waals surface area contributed by atoms with Gasteiger partial charge >= 0.3 is 0 Å². The molecule has 1 heterocycles. The zero-order chi connectivity index (χ0) is 14.8. The predicted octanol–water partition coefficient (Wildman–Crippen LogP) is 1.83. The number of aliphatic hydroxyl groups excluding tert-OH is 2. The smallest absolute Gasteiger partial charge is 0.0855 e. The highest BCUT2D eigenvalue weighted by Gasteiger charge is 2.24. The van der Waals surface area contributed by atoms with Crippen LogP contribution in [-0.4, -0.2) is 27.6 Å². The Balaban J connectivity index is 2.07. The molecule has 0 amide bonds. The monoisotopic (exact) mass is 302 g/mol. The maximum Gasteiger partial charge on any atom is 0.0855 e. The quantitative estimate of drug-likeness (QED) is 0.773. The molecule has 3 rings (SSSR count). The first-order valence-electron chi connectivity index (χ1n) is 7.10. The normalized spacial score (nSPS) is 16.4. The fourth-order valence-electron chi connectivity index (χ4n) is 2.89. The summed E-state index contributed by atoms with van der Waals surface area (Å²) in [4.78, 5) is 1.73. The van der Waals surface area contributed by atoms with Crippen molar-refractivity contribution in [1.29, 1.82) is 0 Å². The van der Waals surface area contributed by atoms with Crippen molar-refractivity contribution in [3.63, 3.8) is 0 Å². The van der Waals surface area contributed by atoms with Crippen LogP contribution in [-0.2, 0) is 30.1 Å². The number of aliphatic hydroxyl groups is 2. The maximum absolute atomic E-state index is 12.7. The molecule has 2 aromatic rings. The highest BCUT2D eigenvalue weighted by atomic mass is 32.2. The molecule has 0 aliphatic carbocycles. The van der Waals surface area contributed by atoms with Gasteiger partial charge in [0.2, 0.25) is 0 Å². The van der Waals surface area contributed by atoms with Gasteiger partial charge in [0.05, 0.1) is 10.8 Å². The van der Waals surface area contributed by atoms with Crippen LogP contribution in [0.4, 0.5) is 0 Å².